The Kier molecular flexibility index (Phi) is 1.70. The topological polar surface area (TPSA) is 17.1 Å². The van der Waals surface area contributed by atoms with E-state index in [1.54, 1.807) is 17.4 Å². The summed E-state index contributed by atoms with van der Waals surface area (Å²) in [5.41, 5.74) is 0.922. The number of thiophene rings is 1. The van der Waals surface area contributed by atoms with Gasteiger partial charge in [0, 0.05) is 4.70 Å². The summed E-state index contributed by atoms with van der Waals surface area (Å²) in [5, 5.41) is 3.18. The maximum absolute atomic E-state index is 11.2. The van der Waals surface area contributed by atoms with Gasteiger partial charge >= 0.3 is 0 Å². The first kappa shape index (κ1) is 7.50. The van der Waals surface area contributed by atoms with Crippen molar-refractivity contribution in [2.75, 3.05) is 0 Å². The van der Waals surface area contributed by atoms with Crippen LogP contribution in [0.15, 0.2) is 34.4 Å². The molecule has 1 aromatic carbocycles. The fourth-order valence-corrected chi connectivity index (χ4v) is 2.03. The summed E-state index contributed by atoms with van der Waals surface area (Å²) >= 11 is 1.66. The molecule has 0 fully saturated rings. The number of aryl methyl sites for hydroxylation is 1. The molecule has 2 aromatic rings. The van der Waals surface area contributed by atoms with Gasteiger partial charge in [0.25, 0.3) is 0 Å². The van der Waals surface area contributed by atoms with Gasteiger partial charge in [0.2, 0.25) is 0 Å². The van der Waals surface area contributed by atoms with Crippen molar-refractivity contribution in [2.45, 2.75) is 6.92 Å². The molecule has 60 valence electrons. The van der Waals surface area contributed by atoms with Gasteiger partial charge in [-0.15, -0.1) is 11.3 Å². The van der Waals surface area contributed by atoms with Crippen molar-refractivity contribution in [2.24, 2.45) is 0 Å². The summed E-state index contributed by atoms with van der Waals surface area (Å²) in [6.07, 6.45) is 0. The highest BCUT2D eigenvalue weighted by Crippen LogP contribution is 2.18. The molecule has 0 amide bonds. The normalized spacial score (nSPS) is 10.4. The highest BCUT2D eigenvalue weighted by Gasteiger charge is 1.94. The highest BCUT2D eigenvalue weighted by molar-refractivity contribution is 7.17. The number of hydrogen-bond donors (Lipinski definition) is 0. The second-order valence-corrected chi connectivity index (χ2v) is 3.71. The Bertz CT molecular complexity index is 470. The third-order valence-electron chi connectivity index (χ3n) is 1.88. The van der Waals surface area contributed by atoms with Crippen LogP contribution >= 0.6 is 11.3 Å². The quantitative estimate of drug-likeness (QED) is 0.603. The Balaban J connectivity index is 2.98. The summed E-state index contributed by atoms with van der Waals surface area (Å²) in [6, 6.07) is 7.48. The summed E-state index contributed by atoms with van der Waals surface area (Å²) in [6.45, 7) is 1.85. The zero-order chi connectivity index (χ0) is 8.55. The van der Waals surface area contributed by atoms with Crippen LogP contribution in [0.2, 0.25) is 0 Å². The molecule has 0 radical (unpaired) electrons. The Hall–Kier alpha value is -1.15. The van der Waals surface area contributed by atoms with Crippen molar-refractivity contribution in [3.05, 3.63) is 45.4 Å². The first-order valence-corrected chi connectivity index (χ1v) is 4.63. The lowest BCUT2D eigenvalue weighted by Gasteiger charge is -1.78. The Morgan fingerprint density at radius 1 is 1.25 bits per heavy atom. The molecule has 0 aliphatic carbocycles. The van der Waals surface area contributed by atoms with E-state index in [0.29, 0.717) is 0 Å². The third kappa shape index (κ3) is 1.14. The molecule has 0 saturated carbocycles. The van der Waals surface area contributed by atoms with Gasteiger partial charge in [-0.3, -0.25) is 4.79 Å². The molecule has 1 heterocycles. The minimum absolute atomic E-state index is 0.110. The third-order valence-corrected chi connectivity index (χ3v) is 2.76. The molecule has 0 bridgehead atoms. The highest BCUT2D eigenvalue weighted by atomic mass is 32.1. The molecule has 2 heteroatoms. The van der Waals surface area contributed by atoms with Gasteiger partial charge in [-0.05, 0) is 47.5 Å². The molecule has 0 spiro atoms. The van der Waals surface area contributed by atoms with Gasteiger partial charge in [-0.25, -0.2) is 0 Å². The molecule has 1 aromatic heterocycles. The van der Waals surface area contributed by atoms with Gasteiger partial charge < -0.3 is 0 Å². The predicted octanol–water partition coefficient (Wildman–Crippen LogP) is 2.57. The summed E-state index contributed by atoms with van der Waals surface area (Å²) in [7, 11) is 0. The zero-order valence-electron chi connectivity index (χ0n) is 6.70. The second kappa shape index (κ2) is 2.72. The lowest BCUT2D eigenvalue weighted by Crippen LogP contribution is -1.96. The van der Waals surface area contributed by atoms with Crippen LogP contribution in [0.5, 0.6) is 0 Å². The molecule has 0 unspecified atom stereocenters. The van der Waals surface area contributed by atoms with E-state index in [-0.39, 0.29) is 5.43 Å². The molecule has 0 aliphatic heterocycles. The molecular formula is C10H8OS. The maximum Gasteiger partial charge on any atom is 0.181 e. The van der Waals surface area contributed by atoms with E-state index in [0.717, 1.165) is 10.9 Å². The van der Waals surface area contributed by atoms with E-state index in [1.165, 1.54) is 4.70 Å². The Morgan fingerprint density at radius 2 is 2.08 bits per heavy atom. The smallest absolute Gasteiger partial charge is 0.181 e. The number of rotatable bonds is 0. The van der Waals surface area contributed by atoms with Crippen LogP contribution in [-0.4, -0.2) is 0 Å². The van der Waals surface area contributed by atoms with Crippen molar-refractivity contribution in [3.8, 4) is 0 Å². The first-order valence-electron chi connectivity index (χ1n) is 3.75. The van der Waals surface area contributed by atoms with E-state index >= 15 is 0 Å². The van der Waals surface area contributed by atoms with Crippen LogP contribution in [0.1, 0.15) is 5.56 Å². The van der Waals surface area contributed by atoms with Crippen LogP contribution in [-0.2, 0) is 0 Å². The summed E-state index contributed by atoms with van der Waals surface area (Å²) in [4.78, 5) is 11.2. The van der Waals surface area contributed by atoms with Gasteiger partial charge in [0.1, 0.15) is 0 Å². The van der Waals surface area contributed by atoms with Gasteiger partial charge in [-0.1, -0.05) is 0 Å². The minimum Gasteiger partial charge on any atom is -0.290 e. The van der Waals surface area contributed by atoms with Crippen LogP contribution in [0, 0.1) is 6.92 Å². The average Bonchev–Trinajstić information content (AvgIpc) is 2.43. The number of hydrogen-bond acceptors (Lipinski definition) is 2. The van der Waals surface area contributed by atoms with E-state index in [4.69, 9.17) is 0 Å². The van der Waals surface area contributed by atoms with E-state index in [1.807, 2.05) is 30.5 Å². The summed E-state index contributed by atoms with van der Waals surface area (Å²) in [5.74, 6) is 0. The van der Waals surface area contributed by atoms with Crippen LogP contribution in [0.3, 0.4) is 0 Å². The lowest BCUT2D eigenvalue weighted by molar-refractivity contribution is 1.44. The van der Waals surface area contributed by atoms with Crippen molar-refractivity contribution in [1.82, 2.24) is 0 Å². The maximum atomic E-state index is 11.2. The van der Waals surface area contributed by atoms with Gasteiger partial charge in [0.05, 0.1) is 0 Å². The SMILES string of the molecule is Cc1cc2sccc2ccc1=O. The molecule has 0 saturated heterocycles. The monoisotopic (exact) mass is 176 g/mol. The van der Waals surface area contributed by atoms with Crippen molar-refractivity contribution in [3.63, 3.8) is 0 Å². The van der Waals surface area contributed by atoms with E-state index < -0.39 is 0 Å². The summed E-state index contributed by atoms with van der Waals surface area (Å²) < 4.78 is 1.18. The fraction of sp³-hybridized carbons (Fsp3) is 0.100. The molecule has 1 nitrogen and oxygen atoms in total. The predicted molar refractivity (Wildman–Crippen MR) is 52.8 cm³/mol. The average molecular weight is 176 g/mol. The van der Waals surface area contributed by atoms with Gasteiger partial charge in [0.15, 0.2) is 5.43 Å². The van der Waals surface area contributed by atoms with Crippen LogP contribution in [0.4, 0.5) is 0 Å². The van der Waals surface area contributed by atoms with Gasteiger partial charge in [-0.2, -0.15) is 0 Å². The molecule has 2 rings (SSSR count). The molecule has 12 heavy (non-hydrogen) atoms. The fourth-order valence-electron chi connectivity index (χ4n) is 1.15. The molecule has 0 N–H and O–H groups in total. The van der Waals surface area contributed by atoms with Crippen molar-refractivity contribution in [1.29, 1.82) is 0 Å². The number of fused-ring (bicyclic) bond motifs is 1. The molecule has 0 atom stereocenters. The van der Waals surface area contributed by atoms with Crippen LogP contribution in [0.25, 0.3) is 10.1 Å². The first-order chi connectivity index (χ1) is 5.77. The Labute approximate surface area is 74.3 Å². The van der Waals surface area contributed by atoms with Crippen molar-refractivity contribution < 1.29 is 0 Å². The minimum atomic E-state index is 0.110. The van der Waals surface area contributed by atoms with E-state index in [9.17, 15) is 4.79 Å². The van der Waals surface area contributed by atoms with E-state index in [2.05, 4.69) is 0 Å². The second-order valence-electron chi connectivity index (χ2n) is 2.77. The molecule has 0 aliphatic rings. The molecular weight excluding hydrogens is 168 g/mol. The zero-order valence-corrected chi connectivity index (χ0v) is 7.52. The Morgan fingerprint density at radius 3 is 2.92 bits per heavy atom. The standard InChI is InChI=1S/C10H8OS/c1-7-6-10-8(4-5-12-10)2-3-9(7)11/h2-6H,1H3. The lowest BCUT2D eigenvalue weighted by atomic mass is 10.3. The van der Waals surface area contributed by atoms with Crippen LogP contribution < -0.4 is 5.43 Å². The largest absolute Gasteiger partial charge is 0.290 e. The van der Waals surface area contributed by atoms with Crippen molar-refractivity contribution >= 4 is 21.4 Å².